The Morgan fingerprint density at radius 2 is 2.00 bits per heavy atom. The number of carbonyl (C=O) groups is 1. The van der Waals surface area contributed by atoms with Crippen LogP contribution in [0.3, 0.4) is 0 Å². The van der Waals surface area contributed by atoms with Crippen LogP contribution in [0.4, 0.5) is 0 Å². The molecule has 0 bridgehead atoms. The maximum absolute atomic E-state index is 10.5. The largest absolute Gasteiger partial charge is 0.360 e. The van der Waals surface area contributed by atoms with Crippen LogP contribution in [0.1, 0.15) is 60.3 Å². The molecule has 0 aromatic carbocycles. The minimum absolute atomic E-state index is 0.119. The molecule has 2 nitrogen and oxygen atoms in total. The average Bonchev–Trinajstić information content (AvgIpc) is 2.24. The Bertz CT molecular complexity index is 323. The summed E-state index contributed by atoms with van der Waals surface area (Å²) in [5, 5.41) is 0. The van der Waals surface area contributed by atoms with Gasteiger partial charge in [-0.25, -0.2) is 0 Å². The summed E-state index contributed by atoms with van der Waals surface area (Å²) < 4.78 is 5.70. The molecule has 2 heteroatoms. The topological polar surface area (TPSA) is 26.3 Å². The molecule has 18 heavy (non-hydrogen) atoms. The first-order valence-electron chi connectivity index (χ1n) is 6.72. The van der Waals surface area contributed by atoms with Gasteiger partial charge >= 0.3 is 0 Å². The van der Waals surface area contributed by atoms with Gasteiger partial charge in [0.15, 0.2) is 0 Å². The zero-order chi connectivity index (χ0) is 14.0. The van der Waals surface area contributed by atoms with Gasteiger partial charge in [-0.15, -0.1) is 0 Å². The third-order valence-electron chi connectivity index (χ3n) is 2.29. The molecule has 102 valence electrons. The van der Waals surface area contributed by atoms with E-state index in [0.717, 1.165) is 24.7 Å². The van der Waals surface area contributed by atoms with Gasteiger partial charge in [0, 0.05) is 5.57 Å². The second-order valence-electron chi connectivity index (χ2n) is 5.43. The highest BCUT2D eigenvalue weighted by atomic mass is 16.5. The van der Waals surface area contributed by atoms with E-state index >= 15 is 0 Å². The first-order valence-corrected chi connectivity index (χ1v) is 6.72. The summed E-state index contributed by atoms with van der Waals surface area (Å²) in [4.78, 5) is 10.5. The lowest BCUT2D eigenvalue weighted by Crippen LogP contribution is -2.24. The van der Waals surface area contributed by atoms with Crippen molar-refractivity contribution in [3.8, 4) is 11.8 Å². The van der Waals surface area contributed by atoms with Crippen molar-refractivity contribution in [2.24, 2.45) is 0 Å². The summed E-state index contributed by atoms with van der Waals surface area (Å²) in [6.07, 6.45) is 6.56. The zero-order valence-corrected chi connectivity index (χ0v) is 12.4. The third kappa shape index (κ3) is 10.1. The van der Waals surface area contributed by atoms with Gasteiger partial charge in [-0.05, 0) is 46.6 Å². The van der Waals surface area contributed by atoms with Crippen LogP contribution in [0, 0.1) is 11.8 Å². The molecule has 0 fully saturated rings. The molecule has 0 aliphatic rings. The summed E-state index contributed by atoms with van der Waals surface area (Å²) in [5.41, 5.74) is 0.716. The highest BCUT2D eigenvalue weighted by Gasteiger charge is 2.13. The summed E-state index contributed by atoms with van der Waals surface area (Å²) >= 11 is 0. The Morgan fingerprint density at radius 3 is 2.50 bits per heavy atom. The first kappa shape index (κ1) is 16.9. The number of unbranched alkanes of at least 4 members (excludes halogenated alkanes) is 2. The molecule has 0 N–H and O–H groups in total. The lowest BCUT2D eigenvalue weighted by Gasteiger charge is -2.21. The van der Waals surface area contributed by atoms with Gasteiger partial charge in [0.1, 0.15) is 12.4 Å². The van der Waals surface area contributed by atoms with Crippen LogP contribution in [0.15, 0.2) is 11.6 Å². The van der Waals surface area contributed by atoms with Gasteiger partial charge in [-0.3, -0.25) is 4.79 Å². The molecule has 0 saturated carbocycles. The fourth-order valence-corrected chi connectivity index (χ4v) is 1.59. The Morgan fingerprint density at radius 1 is 1.33 bits per heavy atom. The van der Waals surface area contributed by atoms with Gasteiger partial charge in [-0.1, -0.05) is 31.6 Å². The number of rotatable bonds is 6. The molecule has 0 saturated heterocycles. The molecule has 0 aromatic rings. The van der Waals surface area contributed by atoms with Gasteiger partial charge < -0.3 is 4.74 Å². The highest BCUT2D eigenvalue weighted by Crippen LogP contribution is 2.11. The molecule has 0 aliphatic carbocycles. The molecule has 0 aliphatic heterocycles. The van der Waals surface area contributed by atoms with Crippen molar-refractivity contribution in [2.75, 3.05) is 0 Å². The Labute approximate surface area is 112 Å². The van der Waals surface area contributed by atoms with Crippen LogP contribution < -0.4 is 0 Å². The molecular weight excluding hydrogens is 224 g/mol. The normalized spacial score (nSPS) is 13.7. The maximum Gasteiger partial charge on any atom is 0.143 e. The molecule has 0 radical (unpaired) electrons. The monoisotopic (exact) mass is 250 g/mol. The van der Waals surface area contributed by atoms with Crippen LogP contribution in [-0.2, 0) is 9.53 Å². The van der Waals surface area contributed by atoms with E-state index in [1.165, 1.54) is 12.8 Å². The lowest BCUT2D eigenvalue weighted by atomic mass is 10.1. The number of allylic oxidation sites excluding steroid dienone is 2. The molecule has 1 atom stereocenters. The van der Waals surface area contributed by atoms with Crippen LogP contribution in [0.2, 0.25) is 0 Å². The van der Waals surface area contributed by atoms with Gasteiger partial charge in [0.05, 0.1) is 5.60 Å². The summed E-state index contributed by atoms with van der Waals surface area (Å²) in [6.45, 7) is 10.1. The number of hydrogen-bond acceptors (Lipinski definition) is 2. The molecule has 0 amide bonds. The van der Waals surface area contributed by atoms with E-state index in [4.69, 9.17) is 4.74 Å². The van der Waals surface area contributed by atoms with Crippen LogP contribution in [0.25, 0.3) is 0 Å². The van der Waals surface area contributed by atoms with E-state index in [2.05, 4.69) is 18.8 Å². The minimum Gasteiger partial charge on any atom is -0.360 e. The number of hydrogen-bond donors (Lipinski definition) is 0. The predicted molar refractivity (Wildman–Crippen MR) is 76.4 cm³/mol. The van der Waals surface area contributed by atoms with Crippen molar-refractivity contribution >= 4 is 6.29 Å². The van der Waals surface area contributed by atoms with Crippen molar-refractivity contribution in [1.82, 2.24) is 0 Å². The Hall–Kier alpha value is -1.07. The van der Waals surface area contributed by atoms with Crippen molar-refractivity contribution in [1.29, 1.82) is 0 Å². The van der Waals surface area contributed by atoms with Crippen molar-refractivity contribution in [3.63, 3.8) is 0 Å². The van der Waals surface area contributed by atoms with Gasteiger partial charge in [0.2, 0.25) is 0 Å². The van der Waals surface area contributed by atoms with Gasteiger partial charge in [0.25, 0.3) is 0 Å². The fraction of sp³-hybridized carbons (Fsp3) is 0.688. The molecule has 0 rings (SSSR count). The molecule has 0 spiro atoms. The highest BCUT2D eigenvalue weighted by molar-refractivity contribution is 5.68. The van der Waals surface area contributed by atoms with Crippen LogP contribution >= 0.6 is 0 Å². The van der Waals surface area contributed by atoms with Crippen molar-refractivity contribution in [3.05, 3.63) is 11.6 Å². The molecule has 1 unspecified atom stereocenters. The summed E-state index contributed by atoms with van der Waals surface area (Å²) in [7, 11) is 0. The molecular formula is C16H26O2. The number of carbonyl (C=O) groups excluding carboxylic acids is 1. The Kier molecular flexibility index (Phi) is 8.41. The second kappa shape index (κ2) is 8.94. The maximum atomic E-state index is 10.5. The standard InChI is InChI=1S/C16H26O2/c1-6-7-8-9-15(12-13-17)11-10-14(2)18-16(3,4)5/h12-14H,6-9H2,1-5H3/b15-12+. The first-order chi connectivity index (χ1) is 8.39. The van der Waals surface area contributed by atoms with Crippen molar-refractivity contribution < 1.29 is 9.53 Å². The summed E-state index contributed by atoms with van der Waals surface area (Å²) in [6, 6.07) is 0. The zero-order valence-electron chi connectivity index (χ0n) is 12.4. The average molecular weight is 250 g/mol. The number of aldehydes is 1. The molecule has 0 heterocycles. The fourth-order valence-electron chi connectivity index (χ4n) is 1.59. The summed E-state index contributed by atoms with van der Waals surface area (Å²) in [5.74, 6) is 6.11. The van der Waals surface area contributed by atoms with Crippen molar-refractivity contribution in [2.45, 2.75) is 72.0 Å². The predicted octanol–water partition coefficient (Wildman–Crippen LogP) is 3.90. The van der Waals surface area contributed by atoms with Gasteiger partial charge in [-0.2, -0.15) is 0 Å². The van der Waals surface area contributed by atoms with E-state index < -0.39 is 0 Å². The third-order valence-corrected chi connectivity index (χ3v) is 2.29. The van der Waals surface area contributed by atoms with E-state index in [1.807, 2.05) is 27.7 Å². The number of ether oxygens (including phenoxy) is 1. The minimum atomic E-state index is -0.190. The SMILES string of the molecule is CCCCC/C(C#CC(C)OC(C)(C)C)=C\C=O. The smallest absolute Gasteiger partial charge is 0.143 e. The van der Waals surface area contributed by atoms with E-state index in [9.17, 15) is 4.79 Å². The van der Waals surface area contributed by atoms with E-state index in [-0.39, 0.29) is 11.7 Å². The van der Waals surface area contributed by atoms with E-state index in [1.54, 1.807) is 6.08 Å². The van der Waals surface area contributed by atoms with Crippen LogP contribution in [-0.4, -0.2) is 18.0 Å². The lowest BCUT2D eigenvalue weighted by molar-refractivity contribution is -0.104. The Balaban J connectivity index is 4.41. The van der Waals surface area contributed by atoms with E-state index in [0.29, 0.717) is 0 Å². The van der Waals surface area contributed by atoms with Crippen LogP contribution in [0.5, 0.6) is 0 Å². The second-order valence-corrected chi connectivity index (χ2v) is 5.43. The molecule has 0 aromatic heterocycles. The quantitative estimate of drug-likeness (QED) is 0.309.